The fourth-order valence-corrected chi connectivity index (χ4v) is 3.06. The van der Waals surface area contributed by atoms with Gasteiger partial charge in [0.15, 0.2) is 0 Å². The Balaban J connectivity index is 1.76. The summed E-state index contributed by atoms with van der Waals surface area (Å²) >= 11 is 0. The average molecular weight is 345 g/mol. The molecule has 0 bridgehead atoms. The molecule has 0 unspecified atom stereocenters. The van der Waals surface area contributed by atoms with Crippen LogP contribution in [-0.4, -0.2) is 24.5 Å². The van der Waals surface area contributed by atoms with Crippen LogP contribution in [-0.2, 0) is 11.3 Å². The topological polar surface area (TPSA) is 53.2 Å². The molecular weight excluding hydrogens is 324 g/mol. The van der Waals surface area contributed by atoms with Gasteiger partial charge in [-0.3, -0.25) is 4.79 Å². The number of nitrogens with one attached hydrogen (secondary N) is 3. The highest BCUT2D eigenvalue weighted by Crippen LogP contribution is 2.27. The van der Waals surface area contributed by atoms with Gasteiger partial charge in [0.05, 0.1) is 5.69 Å². The second-order valence-electron chi connectivity index (χ2n) is 6.25. The lowest BCUT2D eigenvalue weighted by atomic mass is 9.86. The normalized spacial score (nSPS) is 16.2. The highest BCUT2D eigenvalue weighted by Gasteiger charge is 2.39. The Bertz CT molecular complexity index is 731. The second kappa shape index (κ2) is 7.61. The summed E-state index contributed by atoms with van der Waals surface area (Å²) in [6, 6.07) is 12.9. The van der Waals surface area contributed by atoms with Crippen molar-refractivity contribution in [2.45, 2.75) is 24.9 Å². The highest BCUT2D eigenvalue weighted by atomic mass is 19.1. The zero-order valence-corrected chi connectivity index (χ0v) is 13.8. The average Bonchev–Trinajstić information content (AvgIpc) is 2.64. The first kappa shape index (κ1) is 17.4. The first-order valence-corrected chi connectivity index (χ1v) is 8.35. The van der Waals surface area contributed by atoms with E-state index in [1.54, 1.807) is 0 Å². The third kappa shape index (κ3) is 4.14. The summed E-state index contributed by atoms with van der Waals surface area (Å²) < 4.78 is 27.2. The molecule has 0 radical (unpaired) electrons. The summed E-state index contributed by atoms with van der Waals surface area (Å²) in [5.41, 5.74) is 0.213. The van der Waals surface area contributed by atoms with Gasteiger partial charge in [-0.25, -0.2) is 8.78 Å². The van der Waals surface area contributed by atoms with Crippen LogP contribution < -0.4 is 16.0 Å². The SMILES string of the molecule is O=C(NCc1ccccc1)C1(Nc2ccc(F)cc2F)CCNCC1. The molecular formula is C19H21F2N3O. The summed E-state index contributed by atoms with van der Waals surface area (Å²) in [5.74, 6) is -1.52. The summed E-state index contributed by atoms with van der Waals surface area (Å²) in [7, 11) is 0. The second-order valence-corrected chi connectivity index (χ2v) is 6.25. The molecule has 3 rings (SSSR count). The molecule has 132 valence electrons. The first-order valence-electron chi connectivity index (χ1n) is 8.35. The van der Waals surface area contributed by atoms with Crippen molar-refractivity contribution in [1.82, 2.24) is 10.6 Å². The molecule has 1 heterocycles. The fourth-order valence-electron chi connectivity index (χ4n) is 3.06. The Morgan fingerprint density at radius 2 is 1.80 bits per heavy atom. The summed E-state index contributed by atoms with van der Waals surface area (Å²) in [6.07, 6.45) is 1.04. The monoisotopic (exact) mass is 345 g/mol. The predicted molar refractivity (Wildman–Crippen MR) is 93.1 cm³/mol. The lowest BCUT2D eigenvalue weighted by Gasteiger charge is -2.38. The fraction of sp³-hybridized carbons (Fsp3) is 0.316. The van der Waals surface area contributed by atoms with Gasteiger partial charge >= 0.3 is 0 Å². The van der Waals surface area contributed by atoms with Crippen molar-refractivity contribution in [2.75, 3.05) is 18.4 Å². The van der Waals surface area contributed by atoms with Crippen molar-refractivity contribution in [1.29, 1.82) is 0 Å². The number of anilines is 1. The van der Waals surface area contributed by atoms with Crippen LogP contribution in [0.2, 0.25) is 0 Å². The smallest absolute Gasteiger partial charge is 0.246 e. The molecule has 4 nitrogen and oxygen atoms in total. The predicted octanol–water partition coefficient (Wildman–Crippen LogP) is 2.82. The van der Waals surface area contributed by atoms with Crippen LogP contribution in [0.1, 0.15) is 18.4 Å². The van der Waals surface area contributed by atoms with Crippen LogP contribution in [0.3, 0.4) is 0 Å². The number of carbonyl (C=O) groups is 1. The van der Waals surface area contributed by atoms with Crippen molar-refractivity contribution >= 4 is 11.6 Å². The maximum atomic E-state index is 14.0. The van der Waals surface area contributed by atoms with E-state index in [0.717, 1.165) is 11.6 Å². The van der Waals surface area contributed by atoms with E-state index in [2.05, 4.69) is 16.0 Å². The van der Waals surface area contributed by atoms with E-state index in [0.29, 0.717) is 32.5 Å². The Kier molecular flexibility index (Phi) is 5.28. The van der Waals surface area contributed by atoms with E-state index in [9.17, 15) is 13.6 Å². The molecule has 1 aliphatic rings. The number of carbonyl (C=O) groups excluding carboxylic acids is 1. The molecule has 2 aromatic carbocycles. The van der Waals surface area contributed by atoms with E-state index in [-0.39, 0.29) is 11.6 Å². The van der Waals surface area contributed by atoms with E-state index in [4.69, 9.17) is 0 Å². The van der Waals surface area contributed by atoms with E-state index < -0.39 is 17.2 Å². The van der Waals surface area contributed by atoms with E-state index in [1.165, 1.54) is 12.1 Å². The molecule has 1 fully saturated rings. The summed E-state index contributed by atoms with van der Waals surface area (Å²) in [6.45, 7) is 1.70. The van der Waals surface area contributed by atoms with Crippen molar-refractivity contribution < 1.29 is 13.6 Å². The van der Waals surface area contributed by atoms with Crippen molar-refractivity contribution in [3.05, 3.63) is 65.7 Å². The Morgan fingerprint density at radius 3 is 2.48 bits per heavy atom. The number of hydrogen-bond acceptors (Lipinski definition) is 3. The maximum absolute atomic E-state index is 14.0. The first-order chi connectivity index (χ1) is 12.1. The van der Waals surface area contributed by atoms with Crippen LogP contribution >= 0.6 is 0 Å². The lowest BCUT2D eigenvalue weighted by Crippen LogP contribution is -2.57. The largest absolute Gasteiger partial charge is 0.369 e. The van der Waals surface area contributed by atoms with Crippen LogP contribution in [0.5, 0.6) is 0 Å². The van der Waals surface area contributed by atoms with Crippen molar-refractivity contribution in [3.8, 4) is 0 Å². The number of hydrogen-bond donors (Lipinski definition) is 3. The Morgan fingerprint density at radius 1 is 1.08 bits per heavy atom. The van der Waals surface area contributed by atoms with Gasteiger partial charge in [0, 0.05) is 12.6 Å². The molecule has 0 aliphatic carbocycles. The molecule has 6 heteroatoms. The van der Waals surface area contributed by atoms with Gasteiger partial charge < -0.3 is 16.0 Å². The zero-order chi connectivity index (χ0) is 17.7. The molecule has 1 aliphatic heterocycles. The van der Waals surface area contributed by atoms with Crippen LogP contribution in [0, 0.1) is 11.6 Å². The van der Waals surface area contributed by atoms with Crippen molar-refractivity contribution in [2.24, 2.45) is 0 Å². The van der Waals surface area contributed by atoms with Crippen LogP contribution in [0.4, 0.5) is 14.5 Å². The molecule has 0 atom stereocenters. The van der Waals surface area contributed by atoms with Crippen LogP contribution in [0.15, 0.2) is 48.5 Å². The summed E-state index contributed by atoms with van der Waals surface area (Å²) in [5, 5.41) is 9.17. The van der Waals surface area contributed by atoms with Crippen LogP contribution in [0.25, 0.3) is 0 Å². The number of piperidine rings is 1. The minimum Gasteiger partial charge on any atom is -0.369 e. The molecule has 0 spiro atoms. The molecule has 2 aromatic rings. The Hall–Kier alpha value is -2.47. The quantitative estimate of drug-likeness (QED) is 0.781. The standard InChI is InChI=1S/C19H21F2N3O/c20-15-6-7-17(16(21)12-15)24-19(8-10-22-11-9-19)18(25)23-13-14-4-2-1-3-5-14/h1-7,12,22,24H,8-11,13H2,(H,23,25). The molecule has 1 amide bonds. The molecule has 1 saturated heterocycles. The van der Waals surface area contributed by atoms with Crippen molar-refractivity contribution in [3.63, 3.8) is 0 Å². The van der Waals surface area contributed by atoms with Gasteiger partial charge in [0.1, 0.15) is 17.2 Å². The number of rotatable bonds is 5. The zero-order valence-electron chi connectivity index (χ0n) is 13.8. The van der Waals surface area contributed by atoms with Gasteiger partial charge in [-0.05, 0) is 43.6 Å². The lowest BCUT2D eigenvalue weighted by molar-refractivity contribution is -0.126. The number of halogens is 2. The van der Waals surface area contributed by atoms with Gasteiger partial charge in [-0.1, -0.05) is 30.3 Å². The maximum Gasteiger partial charge on any atom is 0.246 e. The third-order valence-electron chi connectivity index (χ3n) is 4.49. The minimum absolute atomic E-state index is 0.137. The molecule has 0 aromatic heterocycles. The molecule has 25 heavy (non-hydrogen) atoms. The number of benzene rings is 2. The summed E-state index contributed by atoms with van der Waals surface area (Å²) in [4.78, 5) is 12.9. The van der Waals surface area contributed by atoms with E-state index in [1.807, 2.05) is 30.3 Å². The van der Waals surface area contributed by atoms with E-state index >= 15 is 0 Å². The van der Waals surface area contributed by atoms with Gasteiger partial charge in [0.25, 0.3) is 0 Å². The van der Waals surface area contributed by atoms with Gasteiger partial charge in [0.2, 0.25) is 5.91 Å². The third-order valence-corrected chi connectivity index (χ3v) is 4.49. The van der Waals surface area contributed by atoms with Gasteiger partial charge in [-0.15, -0.1) is 0 Å². The number of amides is 1. The molecule has 3 N–H and O–H groups in total. The highest BCUT2D eigenvalue weighted by molar-refractivity contribution is 5.89. The minimum atomic E-state index is -0.918. The molecule has 0 saturated carbocycles. The Labute approximate surface area is 145 Å². The van der Waals surface area contributed by atoms with Gasteiger partial charge in [-0.2, -0.15) is 0 Å².